The summed E-state index contributed by atoms with van der Waals surface area (Å²) in [4.78, 5) is 0.117. The molecule has 0 radical (unpaired) electrons. The maximum Gasteiger partial charge on any atom is 0.183 e. The van der Waals surface area contributed by atoms with Gasteiger partial charge in [-0.05, 0) is 43.9 Å². The average molecular weight is 330 g/mol. The SMILES string of the molecule is Nc1ccc(Cl)cc1S(=O)(=O)CC1CCC2(CCCC2)O1. The van der Waals surface area contributed by atoms with E-state index in [1.165, 1.54) is 25.0 Å². The van der Waals surface area contributed by atoms with Crippen LogP contribution in [0.2, 0.25) is 5.02 Å². The molecule has 2 N–H and O–H groups in total. The van der Waals surface area contributed by atoms with Crippen LogP contribution in [-0.2, 0) is 14.6 Å². The Kier molecular flexibility index (Phi) is 3.93. The van der Waals surface area contributed by atoms with Crippen LogP contribution in [0.15, 0.2) is 23.1 Å². The van der Waals surface area contributed by atoms with Crippen molar-refractivity contribution < 1.29 is 13.2 Å². The Labute approximate surface area is 130 Å². The molecule has 6 heteroatoms. The number of hydrogen-bond donors (Lipinski definition) is 1. The van der Waals surface area contributed by atoms with Crippen molar-refractivity contribution in [3.05, 3.63) is 23.2 Å². The third kappa shape index (κ3) is 3.05. The van der Waals surface area contributed by atoms with Gasteiger partial charge in [-0.25, -0.2) is 8.42 Å². The van der Waals surface area contributed by atoms with Gasteiger partial charge in [-0.3, -0.25) is 0 Å². The zero-order chi connectivity index (χ0) is 15.1. The summed E-state index contributed by atoms with van der Waals surface area (Å²) in [6.45, 7) is 0. The van der Waals surface area contributed by atoms with Crippen molar-refractivity contribution >= 4 is 27.1 Å². The maximum absolute atomic E-state index is 12.5. The van der Waals surface area contributed by atoms with Gasteiger partial charge in [0.25, 0.3) is 0 Å². The minimum Gasteiger partial charge on any atom is -0.398 e. The lowest BCUT2D eigenvalue weighted by Crippen LogP contribution is -2.28. The number of rotatable bonds is 3. The van der Waals surface area contributed by atoms with Crippen molar-refractivity contribution in [3.63, 3.8) is 0 Å². The summed E-state index contributed by atoms with van der Waals surface area (Å²) in [5, 5.41) is 0.377. The Morgan fingerprint density at radius 1 is 1.29 bits per heavy atom. The predicted octanol–water partition coefficient (Wildman–Crippen LogP) is 3.19. The first-order valence-corrected chi connectivity index (χ1v) is 9.39. The molecule has 1 aromatic rings. The van der Waals surface area contributed by atoms with Gasteiger partial charge in [0.05, 0.1) is 28.0 Å². The monoisotopic (exact) mass is 329 g/mol. The first-order chi connectivity index (χ1) is 9.90. The van der Waals surface area contributed by atoms with E-state index in [1.54, 1.807) is 6.07 Å². The number of hydrogen-bond acceptors (Lipinski definition) is 4. The normalized spacial score (nSPS) is 24.7. The summed E-state index contributed by atoms with van der Waals surface area (Å²) >= 11 is 5.89. The highest BCUT2D eigenvalue weighted by Gasteiger charge is 2.43. The second-order valence-electron chi connectivity index (χ2n) is 6.13. The van der Waals surface area contributed by atoms with Gasteiger partial charge in [-0.1, -0.05) is 24.4 Å². The average Bonchev–Trinajstić information content (AvgIpc) is 3.03. The van der Waals surface area contributed by atoms with Crippen LogP contribution in [0.25, 0.3) is 0 Å². The van der Waals surface area contributed by atoms with Crippen LogP contribution in [0, 0.1) is 0 Å². The van der Waals surface area contributed by atoms with E-state index in [2.05, 4.69) is 0 Å². The van der Waals surface area contributed by atoms with Crippen LogP contribution in [0.4, 0.5) is 5.69 Å². The largest absolute Gasteiger partial charge is 0.398 e. The molecule has 1 heterocycles. The third-order valence-corrected chi connectivity index (χ3v) is 6.64. The molecule has 21 heavy (non-hydrogen) atoms. The molecule has 1 aliphatic heterocycles. The van der Waals surface area contributed by atoms with Gasteiger partial charge in [0.15, 0.2) is 9.84 Å². The molecule has 0 amide bonds. The third-order valence-electron chi connectivity index (χ3n) is 4.57. The van der Waals surface area contributed by atoms with Crippen LogP contribution in [0.3, 0.4) is 0 Å². The van der Waals surface area contributed by atoms with E-state index in [0.29, 0.717) is 5.02 Å². The number of halogens is 1. The highest BCUT2D eigenvalue weighted by atomic mass is 35.5. The number of nitrogen functional groups attached to an aromatic ring is 1. The lowest BCUT2D eigenvalue weighted by molar-refractivity contribution is -0.0272. The summed E-state index contributed by atoms with van der Waals surface area (Å²) in [7, 11) is -3.48. The van der Waals surface area contributed by atoms with E-state index >= 15 is 0 Å². The van der Waals surface area contributed by atoms with Crippen LogP contribution in [-0.4, -0.2) is 25.9 Å². The molecule has 2 aliphatic rings. The molecule has 2 fully saturated rings. The molecule has 1 spiro atoms. The number of ether oxygens (including phenoxy) is 1. The molecular weight excluding hydrogens is 310 g/mol. The van der Waals surface area contributed by atoms with E-state index in [0.717, 1.165) is 25.7 Å². The standard InChI is InChI=1S/C15H20ClNO3S/c16-11-3-4-13(17)14(9-11)21(18,19)10-12-5-8-15(20-12)6-1-2-7-15/h3-4,9,12H,1-2,5-8,10,17H2. The highest BCUT2D eigenvalue weighted by molar-refractivity contribution is 7.91. The van der Waals surface area contributed by atoms with Crippen LogP contribution >= 0.6 is 11.6 Å². The zero-order valence-corrected chi connectivity index (χ0v) is 13.4. The van der Waals surface area contributed by atoms with E-state index in [1.807, 2.05) is 0 Å². The Morgan fingerprint density at radius 3 is 2.71 bits per heavy atom. The lowest BCUT2D eigenvalue weighted by Gasteiger charge is -2.23. The van der Waals surface area contributed by atoms with Crippen LogP contribution in [0.1, 0.15) is 38.5 Å². The van der Waals surface area contributed by atoms with Crippen molar-refractivity contribution in [1.29, 1.82) is 0 Å². The van der Waals surface area contributed by atoms with E-state index in [4.69, 9.17) is 22.1 Å². The molecule has 1 saturated heterocycles. The molecular formula is C15H20ClNO3S. The van der Waals surface area contributed by atoms with Crippen molar-refractivity contribution in [1.82, 2.24) is 0 Å². The fourth-order valence-electron chi connectivity index (χ4n) is 3.51. The number of nitrogens with two attached hydrogens (primary N) is 1. The number of benzene rings is 1. The molecule has 116 valence electrons. The minimum absolute atomic E-state index is 0.0146. The van der Waals surface area contributed by atoms with Gasteiger partial charge in [0.2, 0.25) is 0 Å². The molecule has 0 bridgehead atoms. The lowest BCUT2D eigenvalue weighted by atomic mass is 9.98. The molecule has 1 aromatic carbocycles. The number of sulfone groups is 1. The van der Waals surface area contributed by atoms with Gasteiger partial charge >= 0.3 is 0 Å². The van der Waals surface area contributed by atoms with E-state index in [-0.39, 0.29) is 28.0 Å². The van der Waals surface area contributed by atoms with Gasteiger partial charge in [-0.15, -0.1) is 0 Å². The van der Waals surface area contributed by atoms with Crippen LogP contribution in [0.5, 0.6) is 0 Å². The molecule has 1 saturated carbocycles. The van der Waals surface area contributed by atoms with Crippen molar-refractivity contribution in [2.75, 3.05) is 11.5 Å². The summed E-state index contributed by atoms with van der Waals surface area (Å²) < 4.78 is 31.2. The fourth-order valence-corrected chi connectivity index (χ4v) is 5.39. The minimum atomic E-state index is -3.48. The first-order valence-electron chi connectivity index (χ1n) is 7.36. The Bertz CT molecular complexity index is 638. The molecule has 4 nitrogen and oxygen atoms in total. The van der Waals surface area contributed by atoms with Gasteiger partial charge < -0.3 is 10.5 Å². The zero-order valence-electron chi connectivity index (χ0n) is 11.8. The summed E-state index contributed by atoms with van der Waals surface area (Å²) in [5.41, 5.74) is 5.97. The first kappa shape index (κ1) is 15.1. The topological polar surface area (TPSA) is 69.4 Å². The van der Waals surface area contributed by atoms with E-state index in [9.17, 15) is 8.42 Å². The van der Waals surface area contributed by atoms with Crippen molar-refractivity contribution in [2.24, 2.45) is 0 Å². The highest BCUT2D eigenvalue weighted by Crippen LogP contribution is 2.43. The second kappa shape index (κ2) is 5.45. The quantitative estimate of drug-likeness (QED) is 0.865. The second-order valence-corrected chi connectivity index (χ2v) is 8.57. The Balaban J connectivity index is 1.76. The predicted molar refractivity (Wildman–Crippen MR) is 83.2 cm³/mol. The number of anilines is 1. The van der Waals surface area contributed by atoms with E-state index < -0.39 is 9.84 Å². The van der Waals surface area contributed by atoms with Gasteiger partial charge in [-0.2, -0.15) is 0 Å². The molecule has 3 rings (SSSR count). The van der Waals surface area contributed by atoms with Crippen LogP contribution < -0.4 is 5.73 Å². The maximum atomic E-state index is 12.5. The summed E-state index contributed by atoms with van der Waals surface area (Å²) in [6, 6.07) is 4.55. The molecule has 1 aliphatic carbocycles. The smallest absolute Gasteiger partial charge is 0.183 e. The molecule has 1 unspecified atom stereocenters. The van der Waals surface area contributed by atoms with Crippen molar-refractivity contribution in [3.8, 4) is 0 Å². The summed E-state index contributed by atoms with van der Waals surface area (Å²) in [6.07, 6.45) is 6.02. The molecule has 0 aromatic heterocycles. The summed E-state index contributed by atoms with van der Waals surface area (Å²) in [5.74, 6) is -0.0146. The van der Waals surface area contributed by atoms with Crippen molar-refractivity contribution in [2.45, 2.75) is 55.1 Å². The fraction of sp³-hybridized carbons (Fsp3) is 0.600. The van der Waals surface area contributed by atoms with Gasteiger partial charge in [0, 0.05) is 5.02 Å². The Morgan fingerprint density at radius 2 is 2.00 bits per heavy atom. The Hall–Kier alpha value is -0.780. The van der Waals surface area contributed by atoms with Gasteiger partial charge in [0.1, 0.15) is 0 Å². The molecule has 1 atom stereocenters.